The van der Waals surface area contributed by atoms with Crippen LogP contribution in [0.5, 0.6) is 0 Å². The molecule has 2 aromatic heterocycles. The first-order chi connectivity index (χ1) is 15.1. The predicted molar refractivity (Wildman–Crippen MR) is 116 cm³/mol. The normalized spacial score (nSPS) is 14.3. The SMILES string of the molecule is CCc1c(NC(=O)C2CCN(c3ccc(C#N)cc3F)CC2)n[nH]c1-c1ccncc1. The van der Waals surface area contributed by atoms with E-state index < -0.39 is 5.82 Å². The summed E-state index contributed by atoms with van der Waals surface area (Å²) in [5, 5.41) is 19.2. The van der Waals surface area contributed by atoms with Crippen molar-refractivity contribution in [2.45, 2.75) is 26.2 Å². The molecule has 1 aliphatic heterocycles. The zero-order valence-electron chi connectivity index (χ0n) is 17.2. The minimum absolute atomic E-state index is 0.0672. The molecule has 1 aromatic carbocycles. The summed E-state index contributed by atoms with van der Waals surface area (Å²) in [7, 11) is 0. The Morgan fingerprint density at radius 2 is 2.03 bits per heavy atom. The number of benzene rings is 1. The number of hydrogen-bond donors (Lipinski definition) is 2. The highest BCUT2D eigenvalue weighted by Gasteiger charge is 2.27. The number of hydrogen-bond acceptors (Lipinski definition) is 5. The van der Waals surface area contributed by atoms with Crippen molar-refractivity contribution in [3.05, 3.63) is 59.7 Å². The molecule has 0 bridgehead atoms. The third-order valence-corrected chi connectivity index (χ3v) is 5.71. The monoisotopic (exact) mass is 418 g/mol. The highest BCUT2D eigenvalue weighted by Crippen LogP contribution is 2.29. The number of pyridine rings is 1. The van der Waals surface area contributed by atoms with E-state index in [-0.39, 0.29) is 11.8 Å². The number of carbonyl (C=O) groups excluding carboxylic acids is 1. The third-order valence-electron chi connectivity index (χ3n) is 5.71. The molecule has 2 N–H and O–H groups in total. The van der Waals surface area contributed by atoms with Gasteiger partial charge in [-0.2, -0.15) is 10.4 Å². The maximum atomic E-state index is 14.3. The van der Waals surface area contributed by atoms with Crippen LogP contribution in [-0.4, -0.2) is 34.2 Å². The van der Waals surface area contributed by atoms with Crippen molar-refractivity contribution in [1.29, 1.82) is 5.26 Å². The van der Waals surface area contributed by atoms with E-state index in [2.05, 4.69) is 20.5 Å². The first-order valence-corrected chi connectivity index (χ1v) is 10.3. The van der Waals surface area contributed by atoms with E-state index in [1.54, 1.807) is 24.5 Å². The Balaban J connectivity index is 1.41. The highest BCUT2D eigenvalue weighted by atomic mass is 19.1. The number of halogens is 1. The van der Waals surface area contributed by atoms with Crippen molar-refractivity contribution in [3.8, 4) is 17.3 Å². The molecule has 0 spiro atoms. The van der Waals surface area contributed by atoms with Gasteiger partial charge in [0.15, 0.2) is 5.82 Å². The van der Waals surface area contributed by atoms with Gasteiger partial charge in [-0.15, -0.1) is 0 Å². The van der Waals surface area contributed by atoms with E-state index in [1.807, 2.05) is 30.0 Å². The summed E-state index contributed by atoms with van der Waals surface area (Å²) in [5.74, 6) is -0.0829. The van der Waals surface area contributed by atoms with Gasteiger partial charge in [0, 0.05) is 42.5 Å². The van der Waals surface area contributed by atoms with E-state index in [9.17, 15) is 9.18 Å². The maximum absolute atomic E-state index is 14.3. The molecule has 0 unspecified atom stereocenters. The quantitative estimate of drug-likeness (QED) is 0.655. The van der Waals surface area contributed by atoms with E-state index in [0.29, 0.717) is 43.0 Å². The Hall–Kier alpha value is -3.73. The van der Waals surface area contributed by atoms with Crippen molar-refractivity contribution in [1.82, 2.24) is 15.2 Å². The zero-order chi connectivity index (χ0) is 21.8. The second kappa shape index (κ2) is 8.96. The van der Waals surface area contributed by atoms with Crippen LogP contribution in [0.1, 0.15) is 30.9 Å². The number of amides is 1. The number of nitrogens with one attached hydrogen (secondary N) is 2. The standard InChI is InChI=1S/C23H23FN6O/c1-2-18-21(16-5-9-26-10-6-16)28-29-22(18)27-23(31)17-7-11-30(12-8-17)20-4-3-15(14-25)13-19(20)24/h3-6,9-10,13,17H,2,7-8,11-12H2,1H3,(H2,27,28,29,31). The molecule has 4 rings (SSSR count). The van der Waals surface area contributed by atoms with Crippen LogP contribution >= 0.6 is 0 Å². The molecule has 3 heterocycles. The van der Waals surface area contributed by atoms with E-state index in [1.165, 1.54) is 6.07 Å². The number of anilines is 2. The number of aromatic amines is 1. The van der Waals surface area contributed by atoms with Crippen LogP contribution in [0.3, 0.4) is 0 Å². The fraction of sp³-hybridized carbons (Fsp3) is 0.304. The molecule has 0 aliphatic carbocycles. The number of rotatable bonds is 5. The lowest BCUT2D eigenvalue weighted by Crippen LogP contribution is -2.38. The van der Waals surface area contributed by atoms with Crippen molar-refractivity contribution in [2.24, 2.45) is 5.92 Å². The van der Waals surface area contributed by atoms with Gasteiger partial charge in [-0.3, -0.25) is 14.9 Å². The topological polar surface area (TPSA) is 97.7 Å². The smallest absolute Gasteiger partial charge is 0.228 e. The predicted octanol–water partition coefficient (Wildman–Crippen LogP) is 3.90. The second-order valence-corrected chi connectivity index (χ2v) is 7.54. The molecule has 8 heteroatoms. The molecule has 3 aromatic rings. The molecular weight excluding hydrogens is 395 g/mol. The van der Waals surface area contributed by atoms with Crippen molar-refractivity contribution < 1.29 is 9.18 Å². The van der Waals surface area contributed by atoms with Crippen molar-refractivity contribution in [2.75, 3.05) is 23.3 Å². The molecular formula is C23H23FN6O. The lowest BCUT2D eigenvalue weighted by atomic mass is 9.95. The molecule has 0 saturated carbocycles. The lowest BCUT2D eigenvalue weighted by molar-refractivity contribution is -0.120. The highest BCUT2D eigenvalue weighted by molar-refractivity contribution is 5.93. The van der Waals surface area contributed by atoms with Gasteiger partial charge in [0.2, 0.25) is 5.91 Å². The summed E-state index contributed by atoms with van der Waals surface area (Å²) in [6, 6.07) is 10.2. The van der Waals surface area contributed by atoms with Crippen LogP contribution in [0.15, 0.2) is 42.7 Å². The lowest BCUT2D eigenvalue weighted by Gasteiger charge is -2.33. The molecule has 1 saturated heterocycles. The fourth-order valence-electron chi connectivity index (χ4n) is 4.00. The van der Waals surface area contributed by atoms with Gasteiger partial charge in [-0.1, -0.05) is 6.92 Å². The minimum atomic E-state index is -0.408. The van der Waals surface area contributed by atoms with Gasteiger partial charge < -0.3 is 10.2 Å². The first kappa shape index (κ1) is 20.5. The number of nitriles is 1. The van der Waals surface area contributed by atoms with E-state index in [0.717, 1.165) is 23.2 Å². The third kappa shape index (κ3) is 4.26. The molecule has 1 amide bonds. The summed E-state index contributed by atoms with van der Waals surface area (Å²) in [6.45, 7) is 3.17. The summed E-state index contributed by atoms with van der Waals surface area (Å²) in [6.07, 6.45) is 5.40. The van der Waals surface area contributed by atoms with Gasteiger partial charge in [0.1, 0.15) is 5.82 Å². The molecule has 0 atom stereocenters. The van der Waals surface area contributed by atoms with Gasteiger partial charge in [0.25, 0.3) is 0 Å². The van der Waals surface area contributed by atoms with E-state index >= 15 is 0 Å². The van der Waals surface area contributed by atoms with Crippen LogP contribution < -0.4 is 10.2 Å². The van der Waals surface area contributed by atoms with Crippen LogP contribution in [-0.2, 0) is 11.2 Å². The average Bonchev–Trinajstić information content (AvgIpc) is 3.22. The molecule has 1 aliphatic rings. The Bertz CT molecular complexity index is 1110. The van der Waals surface area contributed by atoms with Gasteiger partial charge >= 0.3 is 0 Å². The van der Waals surface area contributed by atoms with Crippen LogP contribution in [0.25, 0.3) is 11.3 Å². The summed E-state index contributed by atoms with van der Waals surface area (Å²) < 4.78 is 14.3. The summed E-state index contributed by atoms with van der Waals surface area (Å²) in [4.78, 5) is 18.8. The Kier molecular flexibility index (Phi) is 5.94. The Morgan fingerprint density at radius 3 is 2.68 bits per heavy atom. The van der Waals surface area contributed by atoms with Crippen molar-refractivity contribution in [3.63, 3.8) is 0 Å². The molecule has 31 heavy (non-hydrogen) atoms. The average molecular weight is 418 g/mol. The number of H-pyrrole nitrogens is 1. The minimum Gasteiger partial charge on any atom is -0.369 e. The summed E-state index contributed by atoms with van der Waals surface area (Å²) >= 11 is 0. The van der Waals surface area contributed by atoms with E-state index in [4.69, 9.17) is 5.26 Å². The number of nitrogens with zero attached hydrogens (tertiary/aromatic N) is 4. The molecule has 0 radical (unpaired) electrons. The Labute approximate surface area is 179 Å². The van der Waals surface area contributed by atoms with Crippen LogP contribution in [0.2, 0.25) is 0 Å². The second-order valence-electron chi connectivity index (χ2n) is 7.54. The number of piperidine rings is 1. The van der Waals surface area contributed by atoms with Gasteiger partial charge in [-0.25, -0.2) is 4.39 Å². The van der Waals surface area contributed by atoms with Crippen LogP contribution in [0.4, 0.5) is 15.9 Å². The first-order valence-electron chi connectivity index (χ1n) is 10.3. The largest absolute Gasteiger partial charge is 0.369 e. The maximum Gasteiger partial charge on any atom is 0.228 e. The van der Waals surface area contributed by atoms with Gasteiger partial charge in [0.05, 0.1) is 23.0 Å². The fourth-order valence-corrected chi connectivity index (χ4v) is 4.00. The molecule has 158 valence electrons. The zero-order valence-corrected chi connectivity index (χ0v) is 17.2. The molecule has 7 nitrogen and oxygen atoms in total. The van der Waals surface area contributed by atoms with Gasteiger partial charge in [-0.05, 0) is 49.6 Å². The van der Waals surface area contributed by atoms with Crippen LogP contribution in [0, 0.1) is 23.1 Å². The van der Waals surface area contributed by atoms with Crippen molar-refractivity contribution >= 4 is 17.4 Å². The number of carbonyl (C=O) groups is 1. The number of aromatic nitrogens is 3. The summed E-state index contributed by atoms with van der Waals surface area (Å²) in [5.41, 5.74) is 3.58. The Morgan fingerprint density at radius 1 is 1.29 bits per heavy atom. The molecule has 1 fully saturated rings.